The SMILES string of the molecule is O[C@@H]1C[C@H](S)Oc2ccccc21. The summed E-state index contributed by atoms with van der Waals surface area (Å²) in [5.41, 5.74) is 0.678. The number of aliphatic hydroxyl groups excluding tert-OH is 1. The molecule has 0 aliphatic carbocycles. The Morgan fingerprint density at radius 2 is 2.17 bits per heavy atom. The first-order valence-electron chi connectivity index (χ1n) is 3.89. The fourth-order valence-corrected chi connectivity index (χ4v) is 1.69. The van der Waals surface area contributed by atoms with Crippen LogP contribution in [0.1, 0.15) is 18.1 Å². The van der Waals surface area contributed by atoms with Crippen molar-refractivity contribution < 1.29 is 9.84 Å². The van der Waals surface area contributed by atoms with E-state index in [9.17, 15) is 5.11 Å². The Morgan fingerprint density at radius 3 is 3.00 bits per heavy atom. The van der Waals surface area contributed by atoms with E-state index in [0.717, 1.165) is 11.3 Å². The zero-order chi connectivity index (χ0) is 8.55. The lowest BCUT2D eigenvalue weighted by molar-refractivity contribution is 0.103. The van der Waals surface area contributed by atoms with Crippen molar-refractivity contribution in [3.63, 3.8) is 0 Å². The maximum atomic E-state index is 9.60. The minimum absolute atomic E-state index is 0.185. The van der Waals surface area contributed by atoms with Crippen LogP contribution in [0.4, 0.5) is 0 Å². The van der Waals surface area contributed by atoms with Crippen LogP contribution in [0.15, 0.2) is 24.3 Å². The first-order valence-corrected chi connectivity index (χ1v) is 4.41. The first-order chi connectivity index (χ1) is 5.77. The number of benzene rings is 1. The van der Waals surface area contributed by atoms with E-state index < -0.39 is 6.10 Å². The molecule has 0 spiro atoms. The number of ether oxygens (including phenoxy) is 1. The zero-order valence-electron chi connectivity index (χ0n) is 6.47. The van der Waals surface area contributed by atoms with E-state index in [-0.39, 0.29) is 5.44 Å². The average Bonchev–Trinajstić information content (AvgIpc) is 2.04. The molecule has 0 unspecified atom stereocenters. The third kappa shape index (κ3) is 1.30. The second-order valence-electron chi connectivity index (χ2n) is 2.86. The molecule has 0 saturated heterocycles. The largest absolute Gasteiger partial charge is 0.480 e. The van der Waals surface area contributed by atoms with E-state index in [1.165, 1.54) is 0 Å². The smallest absolute Gasteiger partial charge is 0.144 e. The van der Waals surface area contributed by atoms with Crippen LogP contribution in [-0.4, -0.2) is 10.5 Å². The highest BCUT2D eigenvalue weighted by molar-refractivity contribution is 7.80. The summed E-state index contributed by atoms with van der Waals surface area (Å²) in [5, 5.41) is 9.60. The lowest BCUT2D eigenvalue weighted by atomic mass is 10.0. The first kappa shape index (κ1) is 7.95. The number of para-hydroxylation sites is 1. The van der Waals surface area contributed by atoms with Crippen LogP contribution in [0, 0.1) is 0 Å². The summed E-state index contributed by atoms with van der Waals surface area (Å²) in [6, 6.07) is 7.50. The highest BCUT2D eigenvalue weighted by Gasteiger charge is 2.23. The van der Waals surface area contributed by atoms with Gasteiger partial charge < -0.3 is 9.84 Å². The summed E-state index contributed by atoms with van der Waals surface area (Å²) in [5.74, 6) is 0.747. The van der Waals surface area contributed by atoms with E-state index >= 15 is 0 Å². The number of rotatable bonds is 0. The maximum Gasteiger partial charge on any atom is 0.144 e. The molecule has 3 heteroatoms. The van der Waals surface area contributed by atoms with Gasteiger partial charge in [-0.25, -0.2) is 0 Å². The predicted octanol–water partition coefficient (Wildman–Crippen LogP) is 1.76. The summed E-state index contributed by atoms with van der Waals surface area (Å²) in [6.45, 7) is 0. The Kier molecular flexibility index (Phi) is 1.98. The summed E-state index contributed by atoms with van der Waals surface area (Å²) in [7, 11) is 0. The minimum atomic E-state index is -0.433. The zero-order valence-corrected chi connectivity index (χ0v) is 7.37. The van der Waals surface area contributed by atoms with Gasteiger partial charge in [-0.1, -0.05) is 18.2 Å². The Hall–Kier alpha value is -0.670. The number of hydrogen-bond donors (Lipinski definition) is 2. The number of hydrogen-bond acceptors (Lipinski definition) is 3. The van der Waals surface area contributed by atoms with Crippen molar-refractivity contribution >= 4 is 12.6 Å². The van der Waals surface area contributed by atoms with Crippen LogP contribution in [0.25, 0.3) is 0 Å². The van der Waals surface area contributed by atoms with E-state index in [1.807, 2.05) is 24.3 Å². The van der Waals surface area contributed by atoms with Gasteiger partial charge in [0.05, 0.1) is 6.10 Å². The molecule has 12 heavy (non-hydrogen) atoms. The van der Waals surface area contributed by atoms with Crippen LogP contribution in [0.3, 0.4) is 0 Å². The molecular formula is C9H10O2S. The summed E-state index contributed by atoms with van der Waals surface area (Å²) >= 11 is 4.16. The lowest BCUT2D eigenvalue weighted by Crippen LogP contribution is -2.20. The van der Waals surface area contributed by atoms with Crippen molar-refractivity contribution in [2.75, 3.05) is 0 Å². The van der Waals surface area contributed by atoms with Gasteiger partial charge in [0.15, 0.2) is 0 Å². The molecule has 1 heterocycles. The van der Waals surface area contributed by atoms with Gasteiger partial charge in [0, 0.05) is 12.0 Å². The molecule has 1 aromatic carbocycles. The summed E-state index contributed by atoms with van der Waals surface area (Å²) in [6.07, 6.45) is 0.123. The van der Waals surface area contributed by atoms with E-state index in [0.29, 0.717) is 6.42 Å². The maximum absolute atomic E-state index is 9.60. The van der Waals surface area contributed by atoms with Crippen LogP contribution >= 0.6 is 12.6 Å². The van der Waals surface area contributed by atoms with Crippen LogP contribution in [0.5, 0.6) is 5.75 Å². The second kappa shape index (κ2) is 2.99. The quantitative estimate of drug-likeness (QED) is 0.599. The number of fused-ring (bicyclic) bond motifs is 1. The lowest BCUT2D eigenvalue weighted by Gasteiger charge is -2.26. The van der Waals surface area contributed by atoms with Crippen LogP contribution in [-0.2, 0) is 0 Å². The van der Waals surface area contributed by atoms with Gasteiger partial charge in [0.2, 0.25) is 0 Å². The molecular weight excluding hydrogens is 172 g/mol. The summed E-state index contributed by atoms with van der Waals surface area (Å²) < 4.78 is 5.41. The molecule has 0 bridgehead atoms. The average molecular weight is 182 g/mol. The van der Waals surface area contributed by atoms with Gasteiger partial charge in [0.25, 0.3) is 0 Å². The van der Waals surface area contributed by atoms with Crippen molar-refractivity contribution in [1.82, 2.24) is 0 Å². The number of thiol groups is 1. The Bertz CT molecular complexity index is 288. The van der Waals surface area contributed by atoms with Gasteiger partial charge in [-0.2, -0.15) is 0 Å². The van der Waals surface area contributed by atoms with Crippen molar-refractivity contribution in [1.29, 1.82) is 0 Å². The highest BCUT2D eigenvalue weighted by Crippen LogP contribution is 2.34. The van der Waals surface area contributed by atoms with Crippen LogP contribution < -0.4 is 4.74 Å². The molecule has 64 valence electrons. The predicted molar refractivity (Wildman–Crippen MR) is 49.4 cm³/mol. The van der Waals surface area contributed by atoms with Gasteiger partial charge in [0.1, 0.15) is 11.2 Å². The summed E-state index contributed by atoms with van der Waals surface area (Å²) in [4.78, 5) is 0. The molecule has 1 aliphatic heterocycles. The van der Waals surface area contributed by atoms with E-state index in [2.05, 4.69) is 12.6 Å². The highest BCUT2D eigenvalue weighted by atomic mass is 32.1. The molecule has 0 amide bonds. The molecule has 0 saturated carbocycles. The van der Waals surface area contributed by atoms with Crippen molar-refractivity contribution in [2.45, 2.75) is 18.0 Å². The molecule has 1 aliphatic rings. The fraction of sp³-hybridized carbons (Fsp3) is 0.333. The topological polar surface area (TPSA) is 29.5 Å². The molecule has 1 N–H and O–H groups in total. The molecule has 2 atom stereocenters. The van der Waals surface area contributed by atoms with Gasteiger partial charge in [-0.15, -0.1) is 12.6 Å². The fourth-order valence-electron chi connectivity index (χ4n) is 1.38. The monoisotopic (exact) mass is 182 g/mol. The number of aliphatic hydroxyl groups is 1. The third-order valence-electron chi connectivity index (χ3n) is 1.97. The molecule has 0 radical (unpaired) electrons. The normalized spacial score (nSPS) is 27.5. The Morgan fingerprint density at radius 1 is 1.42 bits per heavy atom. The molecule has 2 nitrogen and oxygen atoms in total. The van der Waals surface area contributed by atoms with Gasteiger partial charge >= 0.3 is 0 Å². The van der Waals surface area contributed by atoms with Gasteiger partial charge in [-0.3, -0.25) is 0 Å². The van der Waals surface area contributed by atoms with Crippen molar-refractivity contribution in [2.24, 2.45) is 0 Å². The standard InChI is InChI=1S/C9H10O2S/c10-7-5-9(12)11-8-4-2-1-3-6(7)8/h1-4,7,9-10,12H,5H2/t7-,9+/m1/s1. The molecule has 1 aromatic rings. The minimum Gasteiger partial charge on any atom is -0.480 e. The second-order valence-corrected chi connectivity index (χ2v) is 3.44. The van der Waals surface area contributed by atoms with Crippen molar-refractivity contribution in [3.05, 3.63) is 29.8 Å². The van der Waals surface area contributed by atoms with Gasteiger partial charge in [-0.05, 0) is 6.07 Å². The molecule has 2 rings (SSSR count). The molecule has 0 aromatic heterocycles. The van der Waals surface area contributed by atoms with E-state index in [4.69, 9.17) is 4.74 Å². The Labute approximate surface area is 76.6 Å². The van der Waals surface area contributed by atoms with Crippen LogP contribution in [0.2, 0.25) is 0 Å². The van der Waals surface area contributed by atoms with Crippen molar-refractivity contribution in [3.8, 4) is 5.75 Å². The molecule has 0 fully saturated rings. The van der Waals surface area contributed by atoms with E-state index in [1.54, 1.807) is 0 Å². The third-order valence-corrected chi connectivity index (χ3v) is 2.28. The Balaban J connectivity index is 2.40.